The Balaban J connectivity index is 2.02. The molecule has 0 bridgehead atoms. The molecule has 3 atom stereocenters. The summed E-state index contributed by atoms with van der Waals surface area (Å²) in [5.41, 5.74) is 2.92. The number of Topliss-reactive ketones (excluding diaryl/α,β-unsaturated/α-hetero) is 3. The van der Waals surface area contributed by atoms with Gasteiger partial charge >= 0.3 is 11.9 Å². The van der Waals surface area contributed by atoms with Crippen molar-refractivity contribution in [1.29, 1.82) is 0 Å². The molecule has 1 aliphatic heterocycles. The normalized spacial score (nSPS) is 18.1. The van der Waals surface area contributed by atoms with Gasteiger partial charge in [0.25, 0.3) is 0 Å². The van der Waals surface area contributed by atoms with E-state index in [1.165, 1.54) is 0 Å². The highest BCUT2D eigenvalue weighted by molar-refractivity contribution is 6.37. The van der Waals surface area contributed by atoms with Gasteiger partial charge in [-0.2, -0.15) is 0 Å². The highest BCUT2D eigenvalue weighted by atomic mass is 16.7. The van der Waals surface area contributed by atoms with Crippen molar-refractivity contribution >= 4 is 29.2 Å². The molecule has 0 aliphatic carbocycles. The summed E-state index contributed by atoms with van der Waals surface area (Å²) in [4.78, 5) is 67.8. The predicted octanol–water partition coefficient (Wildman–Crippen LogP) is 3.61. The number of amides is 1. The lowest BCUT2D eigenvalue weighted by Crippen LogP contribution is -2.34. The average molecular weight is 488 g/mol. The second-order valence-electron chi connectivity index (χ2n) is 10.00. The Bertz CT molecular complexity index is 894. The maximum atomic E-state index is 13.2. The zero-order chi connectivity index (χ0) is 26.0. The summed E-state index contributed by atoms with van der Waals surface area (Å²) < 4.78 is 5.36. The number of carbonyl (C=O) groups excluding carboxylic acids is 5. The number of carbonyl (C=O) groups is 5. The molecule has 1 N–H and O–H groups in total. The van der Waals surface area contributed by atoms with Crippen LogP contribution in [0, 0.1) is 29.6 Å². The van der Waals surface area contributed by atoms with E-state index in [1.54, 1.807) is 0 Å². The fourth-order valence-corrected chi connectivity index (χ4v) is 4.28. The van der Waals surface area contributed by atoms with Gasteiger partial charge < -0.3 is 4.74 Å². The summed E-state index contributed by atoms with van der Waals surface area (Å²) in [6.45, 7) is 7.95. The lowest BCUT2D eigenvalue weighted by molar-refractivity contribution is -0.148. The van der Waals surface area contributed by atoms with Crippen LogP contribution in [0.1, 0.15) is 65.4 Å². The zero-order valence-corrected chi connectivity index (χ0v) is 21.1. The molecule has 192 valence electrons. The fraction of sp³-hybridized carbons (Fsp3) is 0.593. The summed E-state index contributed by atoms with van der Waals surface area (Å²) in [6.07, 6.45) is 0.580. The molecule has 0 radical (unpaired) electrons. The van der Waals surface area contributed by atoms with Crippen molar-refractivity contribution in [2.45, 2.75) is 66.4 Å². The Morgan fingerprint density at radius 2 is 1.71 bits per heavy atom. The van der Waals surface area contributed by atoms with Gasteiger partial charge in [-0.1, -0.05) is 58.0 Å². The van der Waals surface area contributed by atoms with E-state index in [9.17, 15) is 24.0 Å². The number of ketones is 3. The summed E-state index contributed by atoms with van der Waals surface area (Å²) in [5, 5.41) is 0. The molecule has 1 fully saturated rings. The Kier molecular flexibility index (Phi) is 11.2. The van der Waals surface area contributed by atoms with Gasteiger partial charge in [0.15, 0.2) is 0 Å². The SMILES string of the molecule is CC(C)CC(CC(=O)C(CC(=O)OCc1ccccc1)C(C)C)C(=O)CC1CCONC(=O)C1=O. The third kappa shape index (κ3) is 9.36. The minimum atomic E-state index is -0.856. The van der Waals surface area contributed by atoms with Crippen molar-refractivity contribution in [2.24, 2.45) is 29.6 Å². The van der Waals surface area contributed by atoms with Crippen LogP contribution in [0.5, 0.6) is 0 Å². The predicted molar refractivity (Wildman–Crippen MR) is 129 cm³/mol. The average Bonchev–Trinajstić information content (AvgIpc) is 2.96. The van der Waals surface area contributed by atoms with E-state index in [0.29, 0.717) is 6.42 Å². The van der Waals surface area contributed by atoms with Crippen LogP contribution >= 0.6 is 0 Å². The lowest BCUT2D eigenvalue weighted by Gasteiger charge is -2.24. The first-order valence-corrected chi connectivity index (χ1v) is 12.3. The number of ether oxygens (including phenoxy) is 1. The molecule has 0 saturated carbocycles. The highest BCUT2D eigenvalue weighted by Crippen LogP contribution is 2.27. The number of nitrogens with one attached hydrogen (secondary N) is 1. The summed E-state index contributed by atoms with van der Waals surface area (Å²) in [7, 11) is 0. The largest absolute Gasteiger partial charge is 0.461 e. The second-order valence-corrected chi connectivity index (χ2v) is 10.00. The molecule has 0 aromatic heterocycles. The van der Waals surface area contributed by atoms with E-state index in [1.807, 2.05) is 58.0 Å². The summed E-state index contributed by atoms with van der Waals surface area (Å²) in [6, 6.07) is 9.31. The Morgan fingerprint density at radius 3 is 2.34 bits per heavy atom. The molecule has 1 aliphatic rings. The van der Waals surface area contributed by atoms with Crippen LogP contribution in [0.2, 0.25) is 0 Å². The third-order valence-corrected chi connectivity index (χ3v) is 6.28. The summed E-state index contributed by atoms with van der Waals surface area (Å²) >= 11 is 0. The van der Waals surface area contributed by atoms with Gasteiger partial charge in [-0.3, -0.25) is 28.8 Å². The van der Waals surface area contributed by atoms with Gasteiger partial charge in [0.05, 0.1) is 13.0 Å². The third-order valence-electron chi connectivity index (χ3n) is 6.28. The second kappa shape index (κ2) is 13.9. The Hall–Kier alpha value is -2.87. The molecule has 2 rings (SSSR count). The molecule has 0 spiro atoms. The molecule has 35 heavy (non-hydrogen) atoms. The molecule has 1 amide bonds. The van der Waals surface area contributed by atoms with Crippen molar-refractivity contribution in [3.63, 3.8) is 0 Å². The van der Waals surface area contributed by atoms with Crippen molar-refractivity contribution in [2.75, 3.05) is 6.61 Å². The van der Waals surface area contributed by atoms with Crippen molar-refractivity contribution in [1.82, 2.24) is 5.48 Å². The lowest BCUT2D eigenvalue weighted by atomic mass is 9.79. The van der Waals surface area contributed by atoms with Crippen molar-refractivity contribution in [3.05, 3.63) is 35.9 Å². The van der Waals surface area contributed by atoms with Crippen LogP contribution in [0.4, 0.5) is 0 Å². The summed E-state index contributed by atoms with van der Waals surface area (Å²) in [5.74, 6) is -4.22. The fourth-order valence-electron chi connectivity index (χ4n) is 4.28. The maximum Gasteiger partial charge on any atom is 0.311 e. The van der Waals surface area contributed by atoms with Crippen LogP contribution in [-0.2, 0) is 40.2 Å². The van der Waals surface area contributed by atoms with Crippen LogP contribution < -0.4 is 5.48 Å². The molecule has 8 nitrogen and oxygen atoms in total. The maximum absolute atomic E-state index is 13.2. The minimum Gasteiger partial charge on any atom is -0.461 e. The van der Waals surface area contributed by atoms with Gasteiger partial charge in [-0.15, -0.1) is 0 Å². The van der Waals surface area contributed by atoms with Crippen LogP contribution in [-0.4, -0.2) is 35.8 Å². The number of hydrogen-bond acceptors (Lipinski definition) is 7. The minimum absolute atomic E-state index is 0.00453. The highest BCUT2D eigenvalue weighted by Gasteiger charge is 2.35. The van der Waals surface area contributed by atoms with Crippen LogP contribution in [0.25, 0.3) is 0 Å². The first kappa shape index (κ1) is 28.4. The molecular weight excluding hydrogens is 450 g/mol. The van der Waals surface area contributed by atoms with E-state index in [0.717, 1.165) is 5.56 Å². The quantitative estimate of drug-likeness (QED) is 0.334. The molecular formula is C27H37NO7. The topological polar surface area (TPSA) is 116 Å². The Morgan fingerprint density at radius 1 is 1.03 bits per heavy atom. The van der Waals surface area contributed by atoms with Crippen LogP contribution in [0.3, 0.4) is 0 Å². The molecule has 1 saturated heterocycles. The molecule has 3 unspecified atom stereocenters. The molecule has 8 heteroatoms. The number of hydroxylamine groups is 1. The van der Waals surface area contributed by atoms with E-state index >= 15 is 0 Å². The first-order chi connectivity index (χ1) is 16.6. The van der Waals surface area contributed by atoms with Gasteiger partial charge in [0.2, 0.25) is 5.78 Å². The van der Waals surface area contributed by atoms with E-state index in [2.05, 4.69) is 5.48 Å². The number of hydrogen-bond donors (Lipinski definition) is 1. The van der Waals surface area contributed by atoms with E-state index < -0.39 is 35.4 Å². The van der Waals surface area contributed by atoms with Crippen LogP contribution in [0.15, 0.2) is 30.3 Å². The van der Waals surface area contributed by atoms with Gasteiger partial charge in [0.1, 0.15) is 18.2 Å². The first-order valence-electron chi connectivity index (χ1n) is 12.3. The van der Waals surface area contributed by atoms with Gasteiger partial charge in [-0.05, 0) is 30.2 Å². The monoisotopic (exact) mass is 487 g/mol. The van der Waals surface area contributed by atoms with E-state index in [4.69, 9.17) is 9.57 Å². The van der Waals surface area contributed by atoms with Gasteiger partial charge in [-0.25, -0.2) is 5.48 Å². The van der Waals surface area contributed by atoms with Crippen molar-refractivity contribution in [3.8, 4) is 0 Å². The van der Waals surface area contributed by atoms with E-state index in [-0.39, 0.29) is 62.3 Å². The smallest absolute Gasteiger partial charge is 0.311 e. The van der Waals surface area contributed by atoms with Crippen molar-refractivity contribution < 1.29 is 33.5 Å². The number of benzene rings is 1. The molecule has 1 heterocycles. The molecule has 1 aromatic rings. The zero-order valence-electron chi connectivity index (χ0n) is 21.1. The molecule has 1 aromatic carbocycles. The number of esters is 1. The number of rotatable bonds is 13. The van der Waals surface area contributed by atoms with Gasteiger partial charge in [0, 0.05) is 30.6 Å². The Labute approximate surface area is 207 Å². The standard InChI is InChI=1S/C27H37NO7/c1-17(2)12-21(23(29)13-20-10-11-35-28-27(33)26(20)32)14-24(30)22(18(3)4)15-25(31)34-16-19-8-6-5-7-9-19/h5-9,17-18,20-22H,10-16H2,1-4H3,(H,28,33).